The van der Waals surface area contributed by atoms with Gasteiger partial charge in [0, 0.05) is 23.5 Å². The second-order valence-electron chi connectivity index (χ2n) is 5.03. The molecule has 0 heterocycles. The third-order valence-corrected chi connectivity index (χ3v) is 3.19. The van der Waals surface area contributed by atoms with Crippen molar-refractivity contribution < 1.29 is 4.79 Å². The molecule has 0 aliphatic rings. The van der Waals surface area contributed by atoms with Crippen molar-refractivity contribution >= 4 is 11.5 Å². The van der Waals surface area contributed by atoms with E-state index in [9.17, 15) is 4.79 Å². The Morgan fingerprint density at radius 1 is 0.950 bits per heavy atom. The first-order valence-electron chi connectivity index (χ1n) is 6.67. The molecular formula is C18H19NO. The Labute approximate surface area is 120 Å². The number of carbonyl (C=O) groups is 1. The van der Waals surface area contributed by atoms with Gasteiger partial charge in [0.05, 0.1) is 0 Å². The number of hydrogen-bond donors (Lipinski definition) is 1. The molecule has 1 N–H and O–H groups in total. The molecule has 0 radical (unpaired) electrons. The van der Waals surface area contributed by atoms with E-state index in [0.29, 0.717) is 5.56 Å². The molecule has 0 aliphatic carbocycles. The lowest BCUT2D eigenvalue weighted by Crippen LogP contribution is -1.97. The maximum atomic E-state index is 12.0. The highest BCUT2D eigenvalue weighted by molar-refractivity contribution is 6.04. The third kappa shape index (κ3) is 3.58. The normalized spacial score (nSPS) is 10.8. The summed E-state index contributed by atoms with van der Waals surface area (Å²) in [5.74, 6) is 0.00210. The van der Waals surface area contributed by atoms with Crippen LogP contribution in [0.5, 0.6) is 0 Å². The van der Waals surface area contributed by atoms with Gasteiger partial charge in [0.2, 0.25) is 0 Å². The number of anilines is 1. The van der Waals surface area contributed by atoms with Crippen molar-refractivity contribution in [1.82, 2.24) is 0 Å². The standard InChI is InChI=1S/C18H19NO/c1-13-4-7-16(8-5-13)18(20)10-11-19-17-9-6-14(2)12-15(17)3/h4-12,19H,1-3H3/b11-10+. The van der Waals surface area contributed by atoms with Gasteiger partial charge in [0.15, 0.2) is 5.78 Å². The molecule has 2 heteroatoms. The van der Waals surface area contributed by atoms with Crippen LogP contribution in [-0.2, 0) is 0 Å². The SMILES string of the molecule is Cc1ccc(C(=O)/C=C/Nc2ccc(C)cc2C)cc1. The Morgan fingerprint density at radius 3 is 2.25 bits per heavy atom. The van der Waals surface area contributed by atoms with Gasteiger partial charge in [-0.15, -0.1) is 0 Å². The molecule has 20 heavy (non-hydrogen) atoms. The van der Waals surface area contributed by atoms with Gasteiger partial charge in [-0.2, -0.15) is 0 Å². The molecule has 0 saturated carbocycles. The molecule has 0 aliphatic heterocycles. The van der Waals surface area contributed by atoms with Crippen molar-refractivity contribution in [2.45, 2.75) is 20.8 Å². The highest BCUT2D eigenvalue weighted by Crippen LogP contribution is 2.15. The zero-order valence-electron chi connectivity index (χ0n) is 12.1. The Morgan fingerprint density at radius 2 is 1.60 bits per heavy atom. The lowest BCUT2D eigenvalue weighted by atomic mass is 10.1. The summed E-state index contributed by atoms with van der Waals surface area (Å²) in [6.45, 7) is 6.12. The highest BCUT2D eigenvalue weighted by Gasteiger charge is 2.00. The molecule has 2 aromatic rings. The predicted octanol–water partition coefficient (Wildman–Crippen LogP) is 4.42. The summed E-state index contributed by atoms with van der Waals surface area (Å²) in [5, 5.41) is 3.15. The van der Waals surface area contributed by atoms with E-state index in [1.165, 1.54) is 5.56 Å². The monoisotopic (exact) mass is 265 g/mol. The van der Waals surface area contributed by atoms with E-state index in [1.807, 2.05) is 50.2 Å². The number of allylic oxidation sites excluding steroid dienone is 1. The molecule has 0 atom stereocenters. The Kier molecular flexibility index (Phi) is 4.36. The topological polar surface area (TPSA) is 29.1 Å². The van der Waals surface area contributed by atoms with Crippen LogP contribution in [0.15, 0.2) is 54.7 Å². The zero-order chi connectivity index (χ0) is 14.5. The second-order valence-corrected chi connectivity index (χ2v) is 5.03. The van der Waals surface area contributed by atoms with Crippen molar-refractivity contribution in [2.75, 3.05) is 5.32 Å². The number of ketones is 1. The summed E-state index contributed by atoms with van der Waals surface area (Å²) in [4.78, 5) is 12.0. The van der Waals surface area contributed by atoms with Gasteiger partial charge < -0.3 is 5.32 Å². The van der Waals surface area contributed by atoms with Crippen LogP contribution in [-0.4, -0.2) is 5.78 Å². The molecule has 0 spiro atoms. The second kappa shape index (κ2) is 6.20. The van der Waals surface area contributed by atoms with Crippen molar-refractivity contribution in [3.05, 3.63) is 77.0 Å². The van der Waals surface area contributed by atoms with Crippen LogP contribution < -0.4 is 5.32 Å². The van der Waals surface area contributed by atoms with Gasteiger partial charge in [0.25, 0.3) is 0 Å². The molecule has 2 nitrogen and oxygen atoms in total. The van der Waals surface area contributed by atoms with Crippen LogP contribution in [0.25, 0.3) is 0 Å². The molecule has 0 bridgehead atoms. The highest BCUT2D eigenvalue weighted by atomic mass is 16.1. The number of hydrogen-bond acceptors (Lipinski definition) is 2. The molecule has 102 valence electrons. The van der Waals surface area contributed by atoms with E-state index in [0.717, 1.165) is 16.8 Å². The number of aryl methyl sites for hydroxylation is 3. The molecule has 0 saturated heterocycles. The molecular weight excluding hydrogens is 246 g/mol. The van der Waals surface area contributed by atoms with E-state index in [-0.39, 0.29) is 5.78 Å². The van der Waals surface area contributed by atoms with E-state index in [4.69, 9.17) is 0 Å². The van der Waals surface area contributed by atoms with E-state index < -0.39 is 0 Å². The summed E-state index contributed by atoms with van der Waals surface area (Å²) in [6, 6.07) is 13.8. The van der Waals surface area contributed by atoms with Crippen molar-refractivity contribution in [2.24, 2.45) is 0 Å². The van der Waals surface area contributed by atoms with Crippen molar-refractivity contribution in [3.63, 3.8) is 0 Å². The van der Waals surface area contributed by atoms with E-state index in [2.05, 4.69) is 18.3 Å². The maximum Gasteiger partial charge on any atom is 0.187 e. The summed E-state index contributed by atoms with van der Waals surface area (Å²) in [6.07, 6.45) is 3.25. The van der Waals surface area contributed by atoms with Crippen LogP contribution >= 0.6 is 0 Å². The van der Waals surface area contributed by atoms with Crippen molar-refractivity contribution in [3.8, 4) is 0 Å². The van der Waals surface area contributed by atoms with Gasteiger partial charge in [-0.1, -0.05) is 47.5 Å². The van der Waals surface area contributed by atoms with E-state index in [1.54, 1.807) is 12.3 Å². The van der Waals surface area contributed by atoms with Crippen LogP contribution in [0.1, 0.15) is 27.0 Å². The smallest absolute Gasteiger partial charge is 0.187 e. The molecule has 0 aromatic heterocycles. The minimum atomic E-state index is 0.00210. The maximum absolute atomic E-state index is 12.0. The average molecular weight is 265 g/mol. The van der Waals surface area contributed by atoms with Crippen LogP contribution in [0.2, 0.25) is 0 Å². The van der Waals surface area contributed by atoms with Crippen LogP contribution in [0, 0.1) is 20.8 Å². The van der Waals surface area contributed by atoms with Crippen LogP contribution in [0.4, 0.5) is 5.69 Å². The third-order valence-electron chi connectivity index (χ3n) is 3.19. The molecule has 0 unspecified atom stereocenters. The number of carbonyl (C=O) groups excluding carboxylic acids is 1. The van der Waals surface area contributed by atoms with Gasteiger partial charge in [-0.25, -0.2) is 0 Å². The Hall–Kier alpha value is -2.35. The fourth-order valence-corrected chi connectivity index (χ4v) is 2.00. The quantitative estimate of drug-likeness (QED) is 0.655. The van der Waals surface area contributed by atoms with Gasteiger partial charge >= 0.3 is 0 Å². The summed E-state index contributed by atoms with van der Waals surface area (Å²) < 4.78 is 0. The molecule has 2 aromatic carbocycles. The average Bonchev–Trinajstić information content (AvgIpc) is 2.42. The predicted molar refractivity (Wildman–Crippen MR) is 84.2 cm³/mol. The molecule has 0 fully saturated rings. The van der Waals surface area contributed by atoms with Gasteiger partial charge in [-0.3, -0.25) is 4.79 Å². The number of rotatable bonds is 4. The zero-order valence-corrected chi connectivity index (χ0v) is 12.1. The molecule has 0 amide bonds. The number of benzene rings is 2. The first-order chi connectivity index (χ1) is 9.56. The summed E-state index contributed by atoms with van der Waals surface area (Å²) in [7, 11) is 0. The van der Waals surface area contributed by atoms with E-state index >= 15 is 0 Å². The Bertz CT molecular complexity index is 639. The molecule has 2 rings (SSSR count). The largest absolute Gasteiger partial charge is 0.361 e. The first-order valence-corrected chi connectivity index (χ1v) is 6.67. The van der Waals surface area contributed by atoms with Gasteiger partial charge in [-0.05, 0) is 32.4 Å². The number of nitrogens with one attached hydrogen (secondary N) is 1. The first kappa shape index (κ1) is 14.1. The lowest BCUT2D eigenvalue weighted by Gasteiger charge is -2.06. The summed E-state index contributed by atoms with van der Waals surface area (Å²) >= 11 is 0. The van der Waals surface area contributed by atoms with Crippen molar-refractivity contribution in [1.29, 1.82) is 0 Å². The minimum Gasteiger partial charge on any atom is -0.361 e. The fraction of sp³-hybridized carbons (Fsp3) is 0.167. The van der Waals surface area contributed by atoms with Gasteiger partial charge in [0.1, 0.15) is 0 Å². The Balaban J connectivity index is 2.02. The lowest BCUT2D eigenvalue weighted by molar-refractivity contribution is 0.104. The minimum absolute atomic E-state index is 0.00210. The fourth-order valence-electron chi connectivity index (χ4n) is 2.00. The summed E-state index contributed by atoms with van der Waals surface area (Å²) in [5.41, 5.74) is 5.27. The van der Waals surface area contributed by atoms with Crippen LogP contribution in [0.3, 0.4) is 0 Å².